The van der Waals surface area contributed by atoms with Crippen LogP contribution in [0.25, 0.3) is 10.9 Å². The smallest absolute Gasteiger partial charge is 0.253 e. The van der Waals surface area contributed by atoms with E-state index >= 15 is 0 Å². The fourth-order valence-corrected chi connectivity index (χ4v) is 3.77. The number of piperidine rings is 1. The largest absolute Gasteiger partial charge is 0.361 e. The molecular weight excluding hydrogens is 366 g/mol. The number of Topliss-reactive ketones (excluding diaryl/α,β-unsaturated/α-hetero) is 1. The summed E-state index contributed by atoms with van der Waals surface area (Å²) in [6.07, 6.45) is 3.39. The topological polar surface area (TPSA) is 82.3 Å². The minimum atomic E-state index is -0.255. The highest BCUT2D eigenvalue weighted by atomic mass is 16.2. The number of carbonyl (C=O) groups excluding carboxylic acids is 3. The van der Waals surface area contributed by atoms with E-state index in [0.29, 0.717) is 29.9 Å². The number of H-pyrrole nitrogens is 1. The minimum absolute atomic E-state index is 0.0122. The van der Waals surface area contributed by atoms with Gasteiger partial charge in [0.1, 0.15) is 0 Å². The molecule has 1 aromatic heterocycles. The second-order valence-corrected chi connectivity index (χ2v) is 7.49. The maximum atomic E-state index is 12.9. The predicted molar refractivity (Wildman–Crippen MR) is 112 cm³/mol. The third-order valence-electron chi connectivity index (χ3n) is 5.44. The molecule has 6 heteroatoms. The van der Waals surface area contributed by atoms with Crippen LogP contribution in [0.2, 0.25) is 0 Å². The lowest BCUT2D eigenvalue weighted by Gasteiger charge is -2.32. The number of nitrogens with zero attached hydrogens (tertiary/aromatic N) is 1. The molecule has 1 saturated heterocycles. The molecule has 2 N–H and O–H groups in total. The normalized spacial score (nSPS) is 16.6. The lowest BCUT2D eigenvalue weighted by molar-refractivity contribution is -0.121. The summed E-state index contributed by atoms with van der Waals surface area (Å²) in [7, 11) is 0. The van der Waals surface area contributed by atoms with Gasteiger partial charge in [-0.2, -0.15) is 0 Å². The second kappa shape index (κ2) is 7.91. The molecule has 1 fully saturated rings. The van der Waals surface area contributed by atoms with Gasteiger partial charge in [-0.3, -0.25) is 14.4 Å². The maximum absolute atomic E-state index is 12.9. The minimum Gasteiger partial charge on any atom is -0.361 e. The summed E-state index contributed by atoms with van der Waals surface area (Å²) < 4.78 is 0. The van der Waals surface area contributed by atoms with Crippen LogP contribution in [-0.4, -0.2) is 40.6 Å². The molecule has 2 amide bonds. The summed E-state index contributed by atoms with van der Waals surface area (Å²) in [6.45, 7) is 2.56. The quantitative estimate of drug-likeness (QED) is 0.665. The van der Waals surface area contributed by atoms with E-state index in [-0.39, 0.29) is 23.5 Å². The molecule has 1 aliphatic rings. The molecule has 3 aromatic rings. The molecule has 0 aliphatic carbocycles. The Kier molecular flexibility index (Phi) is 5.16. The van der Waals surface area contributed by atoms with E-state index in [9.17, 15) is 14.4 Å². The number of aromatic amines is 1. The molecule has 0 spiro atoms. The van der Waals surface area contributed by atoms with Gasteiger partial charge in [0.25, 0.3) is 5.91 Å². The molecule has 0 unspecified atom stereocenters. The van der Waals surface area contributed by atoms with Gasteiger partial charge >= 0.3 is 0 Å². The molecule has 0 bridgehead atoms. The number of ketones is 1. The first-order valence-corrected chi connectivity index (χ1v) is 9.79. The fourth-order valence-electron chi connectivity index (χ4n) is 3.77. The maximum Gasteiger partial charge on any atom is 0.253 e. The predicted octanol–water partition coefficient (Wildman–Crippen LogP) is 3.86. The number of rotatable bonds is 4. The highest BCUT2D eigenvalue weighted by molar-refractivity contribution is 5.99. The highest BCUT2D eigenvalue weighted by Crippen LogP contribution is 2.22. The van der Waals surface area contributed by atoms with Gasteiger partial charge in [-0.15, -0.1) is 0 Å². The number of carbonyl (C=O) groups is 3. The SMILES string of the molecule is CC(=O)c1ccc(NC(=O)[C@@H]2CCCN(C(=O)c3ccc4cc[nH]c4c3)C2)cc1. The molecule has 2 heterocycles. The standard InChI is InChI=1S/C23H23N3O3/c1-15(27)16-6-8-20(9-7-16)25-22(28)19-3-2-12-26(14-19)23(29)18-5-4-17-10-11-24-21(17)13-18/h4-11,13,19,24H,2-3,12,14H2,1H3,(H,25,28)/t19-/m1/s1. The number of nitrogens with one attached hydrogen (secondary N) is 2. The van der Waals surface area contributed by atoms with Crippen LogP contribution < -0.4 is 5.32 Å². The first kappa shape index (κ1) is 18.9. The lowest BCUT2D eigenvalue weighted by atomic mass is 9.96. The summed E-state index contributed by atoms with van der Waals surface area (Å²) in [5.41, 5.74) is 2.81. The molecule has 6 nitrogen and oxygen atoms in total. The van der Waals surface area contributed by atoms with Crippen LogP contribution in [0, 0.1) is 5.92 Å². The van der Waals surface area contributed by atoms with Gasteiger partial charge in [0, 0.05) is 41.6 Å². The van der Waals surface area contributed by atoms with Crippen molar-refractivity contribution in [1.29, 1.82) is 0 Å². The number of hydrogen-bond acceptors (Lipinski definition) is 3. The third-order valence-corrected chi connectivity index (χ3v) is 5.44. The molecule has 1 aliphatic heterocycles. The molecule has 1 atom stereocenters. The number of benzene rings is 2. The Morgan fingerprint density at radius 1 is 1.03 bits per heavy atom. The Balaban J connectivity index is 1.42. The van der Waals surface area contributed by atoms with Crippen LogP contribution in [0.15, 0.2) is 54.7 Å². The molecule has 148 valence electrons. The van der Waals surface area contributed by atoms with E-state index in [4.69, 9.17) is 0 Å². The van der Waals surface area contributed by atoms with Crippen molar-refractivity contribution in [1.82, 2.24) is 9.88 Å². The number of hydrogen-bond donors (Lipinski definition) is 2. The van der Waals surface area contributed by atoms with Crippen molar-refractivity contribution in [2.45, 2.75) is 19.8 Å². The van der Waals surface area contributed by atoms with Gasteiger partial charge in [-0.1, -0.05) is 6.07 Å². The third kappa shape index (κ3) is 4.06. The molecule has 29 heavy (non-hydrogen) atoms. The summed E-state index contributed by atoms with van der Waals surface area (Å²) in [5.74, 6) is -0.418. The number of fused-ring (bicyclic) bond motifs is 1. The second-order valence-electron chi connectivity index (χ2n) is 7.49. The lowest BCUT2D eigenvalue weighted by Crippen LogP contribution is -2.43. The number of aromatic nitrogens is 1. The highest BCUT2D eigenvalue weighted by Gasteiger charge is 2.29. The number of amides is 2. The van der Waals surface area contributed by atoms with Crippen molar-refractivity contribution in [3.8, 4) is 0 Å². The zero-order chi connectivity index (χ0) is 20.4. The van der Waals surface area contributed by atoms with Crippen molar-refractivity contribution in [3.63, 3.8) is 0 Å². The Morgan fingerprint density at radius 2 is 1.79 bits per heavy atom. The van der Waals surface area contributed by atoms with E-state index < -0.39 is 0 Å². The van der Waals surface area contributed by atoms with Gasteiger partial charge in [0.15, 0.2) is 5.78 Å². The van der Waals surface area contributed by atoms with E-state index in [1.54, 1.807) is 29.2 Å². The molecule has 0 radical (unpaired) electrons. The van der Waals surface area contributed by atoms with Crippen LogP contribution in [0.3, 0.4) is 0 Å². The molecular formula is C23H23N3O3. The van der Waals surface area contributed by atoms with Gasteiger partial charge in [0.2, 0.25) is 5.91 Å². The van der Waals surface area contributed by atoms with Crippen LogP contribution in [-0.2, 0) is 4.79 Å². The van der Waals surface area contributed by atoms with Crippen molar-refractivity contribution >= 4 is 34.2 Å². The molecule has 0 saturated carbocycles. The molecule has 4 rings (SSSR count). The van der Waals surface area contributed by atoms with Crippen molar-refractivity contribution in [3.05, 3.63) is 65.9 Å². The number of anilines is 1. The van der Waals surface area contributed by atoms with Crippen LogP contribution in [0.1, 0.15) is 40.5 Å². The van der Waals surface area contributed by atoms with Crippen LogP contribution >= 0.6 is 0 Å². The summed E-state index contributed by atoms with van der Waals surface area (Å²) in [6, 6.07) is 14.4. The Morgan fingerprint density at radius 3 is 2.55 bits per heavy atom. The van der Waals surface area contributed by atoms with E-state index in [2.05, 4.69) is 10.3 Å². The summed E-state index contributed by atoms with van der Waals surface area (Å²) in [5, 5.41) is 3.97. The first-order chi connectivity index (χ1) is 14.0. The van der Waals surface area contributed by atoms with E-state index in [1.165, 1.54) is 6.92 Å². The van der Waals surface area contributed by atoms with Crippen molar-refractivity contribution in [2.24, 2.45) is 5.92 Å². The van der Waals surface area contributed by atoms with Gasteiger partial charge in [-0.05, 0) is 67.6 Å². The van der Waals surface area contributed by atoms with Crippen LogP contribution in [0.4, 0.5) is 5.69 Å². The zero-order valence-electron chi connectivity index (χ0n) is 16.3. The Hall–Kier alpha value is -3.41. The Bertz CT molecular complexity index is 1070. The van der Waals surface area contributed by atoms with Crippen LogP contribution in [0.5, 0.6) is 0 Å². The van der Waals surface area contributed by atoms with E-state index in [1.807, 2.05) is 30.5 Å². The monoisotopic (exact) mass is 389 g/mol. The molecule has 2 aromatic carbocycles. The average molecular weight is 389 g/mol. The van der Waals surface area contributed by atoms with E-state index in [0.717, 1.165) is 23.7 Å². The average Bonchev–Trinajstić information content (AvgIpc) is 3.21. The van der Waals surface area contributed by atoms with Crippen molar-refractivity contribution < 1.29 is 14.4 Å². The first-order valence-electron chi connectivity index (χ1n) is 9.79. The van der Waals surface area contributed by atoms with Gasteiger partial charge in [-0.25, -0.2) is 0 Å². The van der Waals surface area contributed by atoms with Gasteiger partial charge in [0.05, 0.1) is 5.92 Å². The van der Waals surface area contributed by atoms with Crippen molar-refractivity contribution in [2.75, 3.05) is 18.4 Å². The zero-order valence-corrected chi connectivity index (χ0v) is 16.3. The fraction of sp³-hybridized carbons (Fsp3) is 0.261. The summed E-state index contributed by atoms with van der Waals surface area (Å²) >= 11 is 0. The number of likely N-dealkylation sites (tertiary alicyclic amines) is 1. The Labute approximate surface area is 168 Å². The summed E-state index contributed by atoms with van der Waals surface area (Å²) in [4.78, 5) is 41.9. The van der Waals surface area contributed by atoms with Gasteiger partial charge < -0.3 is 15.2 Å².